The van der Waals surface area contributed by atoms with Gasteiger partial charge in [0, 0.05) is 25.2 Å². The first-order valence-corrected chi connectivity index (χ1v) is 6.74. The van der Waals surface area contributed by atoms with Crippen LogP contribution in [0.5, 0.6) is 0 Å². The summed E-state index contributed by atoms with van der Waals surface area (Å²) < 4.78 is 0. The van der Waals surface area contributed by atoms with E-state index in [0.29, 0.717) is 12.1 Å². The van der Waals surface area contributed by atoms with E-state index in [-0.39, 0.29) is 5.91 Å². The first-order chi connectivity index (χ1) is 7.97. The van der Waals surface area contributed by atoms with Gasteiger partial charge in [0.15, 0.2) is 0 Å². The largest absolute Gasteiger partial charge is 0.381 e. The second-order valence-electron chi connectivity index (χ2n) is 4.57. The summed E-state index contributed by atoms with van der Waals surface area (Å²) in [6.07, 6.45) is 1.18. The number of carbonyl (C=O) groups is 1. The van der Waals surface area contributed by atoms with Gasteiger partial charge in [0.25, 0.3) is 5.91 Å². The fourth-order valence-electron chi connectivity index (χ4n) is 2.07. The van der Waals surface area contributed by atoms with Crippen LogP contribution in [-0.4, -0.2) is 46.7 Å². The van der Waals surface area contributed by atoms with Crippen molar-refractivity contribution in [1.82, 2.24) is 10.2 Å². The number of rotatable bonds is 1. The van der Waals surface area contributed by atoms with E-state index in [0.717, 1.165) is 13.1 Å². The van der Waals surface area contributed by atoms with Crippen molar-refractivity contribution < 1.29 is 9.90 Å². The van der Waals surface area contributed by atoms with E-state index in [2.05, 4.69) is 5.32 Å². The average Bonchev–Trinajstić information content (AvgIpc) is 2.31. The summed E-state index contributed by atoms with van der Waals surface area (Å²) in [6, 6.07) is 0.926. The molecule has 3 aliphatic rings. The van der Waals surface area contributed by atoms with Crippen LogP contribution < -0.4 is 5.32 Å². The molecule has 2 N–H and O–H groups in total. The lowest BCUT2D eigenvalue weighted by Gasteiger charge is -2.49. The summed E-state index contributed by atoms with van der Waals surface area (Å²) in [4.78, 5) is 13.4. The SMILES string of the molecule is CC.CC.CC(C)(O)C(=O)N1CC2CC(C1)N2. The van der Waals surface area contributed by atoms with E-state index in [9.17, 15) is 9.90 Å². The second kappa shape index (κ2) is 6.97. The van der Waals surface area contributed by atoms with Crippen LogP contribution in [0, 0.1) is 0 Å². The van der Waals surface area contributed by atoms with Crippen LogP contribution in [0.2, 0.25) is 0 Å². The lowest BCUT2D eigenvalue weighted by atomic mass is 9.90. The molecule has 102 valence electrons. The van der Waals surface area contributed by atoms with Gasteiger partial charge in [0.05, 0.1) is 0 Å². The molecule has 17 heavy (non-hydrogen) atoms. The summed E-state index contributed by atoms with van der Waals surface area (Å²) in [6.45, 7) is 12.6. The van der Waals surface area contributed by atoms with Gasteiger partial charge in [-0.25, -0.2) is 0 Å². The minimum Gasteiger partial charge on any atom is -0.381 e. The van der Waals surface area contributed by atoms with Gasteiger partial charge in [0.2, 0.25) is 0 Å². The number of aliphatic hydroxyl groups is 1. The van der Waals surface area contributed by atoms with E-state index < -0.39 is 5.60 Å². The summed E-state index contributed by atoms with van der Waals surface area (Å²) in [5.41, 5.74) is -1.22. The summed E-state index contributed by atoms with van der Waals surface area (Å²) in [5.74, 6) is -0.149. The molecule has 3 fully saturated rings. The number of piperidine rings is 1. The average molecular weight is 244 g/mol. The van der Waals surface area contributed by atoms with Gasteiger partial charge in [-0.2, -0.15) is 0 Å². The highest BCUT2D eigenvalue weighted by Gasteiger charge is 2.41. The minimum absolute atomic E-state index is 0.149. The Hall–Kier alpha value is -0.610. The van der Waals surface area contributed by atoms with Crippen LogP contribution >= 0.6 is 0 Å². The van der Waals surface area contributed by atoms with E-state index in [4.69, 9.17) is 0 Å². The maximum atomic E-state index is 11.6. The van der Waals surface area contributed by atoms with Crippen molar-refractivity contribution in [3.8, 4) is 0 Å². The van der Waals surface area contributed by atoms with Crippen LogP contribution in [0.3, 0.4) is 0 Å². The van der Waals surface area contributed by atoms with Crippen molar-refractivity contribution in [3.05, 3.63) is 0 Å². The highest BCUT2D eigenvalue weighted by molar-refractivity contribution is 5.84. The standard InChI is InChI=1S/C9H16N2O2.2C2H6/c1-9(2,13)8(12)11-4-6-3-7(5-11)10-6;2*1-2/h6-7,10,13H,3-5H2,1-2H3;2*1-2H3. The van der Waals surface area contributed by atoms with Gasteiger partial charge in [-0.1, -0.05) is 27.7 Å². The van der Waals surface area contributed by atoms with Crippen molar-refractivity contribution >= 4 is 5.91 Å². The van der Waals surface area contributed by atoms with Crippen molar-refractivity contribution in [2.45, 2.75) is 65.6 Å². The summed E-state index contributed by atoms with van der Waals surface area (Å²) in [5, 5.41) is 12.9. The Bertz CT molecular complexity index is 220. The van der Waals surface area contributed by atoms with Gasteiger partial charge in [-0.15, -0.1) is 0 Å². The van der Waals surface area contributed by atoms with Crippen LogP contribution in [0.1, 0.15) is 48.0 Å². The van der Waals surface area contributed by atoms with Gasteiger partial charge in [-0.3, -0.25) is 4.79 Å². The lowest BCUT2D eigenvalue weighted by Crippen LogP contribution is -2.69. The monoisotopic (exact) mass is 244 g/mol. The number of nitrogens with zero attached hydrogens (tertiary/aromatic N) is 1. The Balaban J connectivity index is 0.000000581. The predicted octanol–water partition coefficient (Wildman–Crippen LogP) is 1.38. The van der Waals surface area contributed by atoms with Crippen molar-refractivity contribution in [2.24, 2.45) is 0 Å². The van der Waals surface area contributed by atoms with Gasteiger partial charge in [-0.05, 0) is 20.3 Å². The van der Waals surface area contributed by atoms with Crippen molar-refractivity contribution in [2.75, 3.05) is 13.1 Å². The van der Waals surface area contributed by atoms with E-state index >= 15 is 0 Å². The Morgan fingerprint density at radius 3 is 1.82 bits per heavy atom. The Labute approximate surface area is 105 Å². The summed E-state index contributed by atoms with van der Waals surface area (Å²) >= 11 is 0. The molecular weight excluding hydrogens is 216 g/mol. The number of nitrogens with one attached hydrogen (secondary N) is 1. The Kier molecular flexibility index (Phi) is 6.72. The number of fused-ring (bicyclic) bond motifs is 2. The zero-order valence-corrected chi connectivity index (χ0v) is 12.1. The smallest absolute Gasteiger partial charge is 0.254 e. The number of amides is 1. The molecule has 2 bridgehead atoms. The van der Waals surface area contributed by atoms with E-state index in [1.54, 1.807) is 18.7 Å². The van der Waals surface area contributed by atoms with Crippen LogP contribution in [0.4, 0.5) is 0 Å². The Morgan fingerprint density at radius 1 is 1.18 bits per heavy atom. The van der Waals surface area contributed by atoms with E-state index in [1.165, 1.54) is 6.42 Å². The molecule has 0 radical (unpaired) electrons. The van der Waals surface area contributed by atoms with Gasteiger partial charge in [0.1, 0.15) is 5.60 Å². The zero-order chi connectivity index (χ0) is 13.6. The fourth-order valence-corrected chi connectivity index (χ4v) is 2.07. The molecule has 0 spiro atoms. The Morgan fingerprint density at radius 2 is 1.53 bits per heavy atom. The molecule has 0 aromatic carbocycles. The molecule has 2 atom stereocenters. The highest BCUT2D eigenvalue weighted by atomic mass is 16.3. The third kappa shape index (κ3) is 4.28. The van der Waals surface area contributed by atoms with Crippen molar-refractivity contribution in [1.29, 1.82) is 0 Å². The summed E-state index contributed by atoms with van der Waals surface area (Å²) in [7, 11) is 0. The molecule has 0 aromatic heterocycles. The third-order valence-corrected chi connectivity index (χ3v) is 2.73. The molecule has 4 heteroatoms. The van der Waals surface area contributed by atoms with Crippen LogP contribution in [-0.2, 0) is 4.79 Å². The molecule has 3 heterocycles. The number of carbonyl (C=O) groups excluding carboxylic acids is 1. The quantitative estimate of drug-likeness (QED) is 0.733. The number of hydrogen-bond acceptors (Lipinski definition) is 3. The normalized spacial score (nSPS) is 25.7. The third-order valence-electron chi connectivity index (χ3n) is 2.73. The molecule has 0 aliphatic carbocycles. The molecule has 2 unspecified atom stereocenters. The maximum Gasteiger partial charge on any atom is 0.254 e. The number of hydrogen-bond donors (Lipinski definition) is 2. The molecule has 0 aromatic rings. The first kappa shape index (κ1) is 16.4. The highest BCUT2D eigenvalue weighted by Crippen LogP contribution is 2.22. The first-order valence-electron chi connectivity index (χ1n) is 6.74. The molecular formula is C13H28N2O2. The maximum absolute atomic E-state index is 11.6. The molecule has 3 rings (SSSR count). The van der Waals surface area contributed by atoms with Crippen LogP contribution in [0.25, 0.3) is 0 Å². The number of piperazine rings is 1. The van der Waals surface area contributed by atoms with Crippen molar-refractivity contribution in [3.63, 3.8) is 0 Å². The van der Waals surface area contributed by atoms with E-state index in [1.807, 2.05) is 27.7 Å². The molecule has 4 nitrogen and oxygen atoms in total. The topological polar surface area (TPSA) is 52.6 Å². The molecule has 0 saturated carbocycles. The zero-order valence-electron chi connectivity index (χ0n) is 12.1. The van der Waals surface area contributed by atoms with Gasteiger partial charge < -0.3 is 15.3 Å². The lowest BCUT2D eigenvalue weighted by molar-refractivity contribution is -0.152. The van der Waals surface area contributed by atoms with Crippen LogP contribution in [0.15, 0.2) is 0 Å². The molecule has 3 aliphatic heterocycles. The van der Waals surface area contributed by atoms with Gasteiger partial charge >= 0.3 is 0 Å². The molecule has 1 amide bonds. The fraction of sp³-hybridized carbons (Fsp3) is 0.923. The molecule has 3 saturated heterocycles. The second-order valence-corrected chi connectivity index (χ2v) is 4.57. The minimum atomic E-state index is -1.22. The predicted molar refractivity (Wildman–Crippen MR) is 70.9 cm³/mol.